The van der Waals surface area contributed by atoms with Gasteiger partial charge in [0.1, 0.15) is 0 Å². The van der Waals surface area contributed by atoms with E-state index < -0.39 is 0 Å². The second-order valence-corrected chi connectivity index (χ2v) is 7.06. The Bertz CT molecular complexity index is 400. The molecule has 0 radical (unpaired) electrons. The third-order valence-corrected chi connectivity index (χ3v) is 5.09. The van der Waals surface area contributed by atoms with Gasteiger partial charge in [0.15, 0.2) is 0 Å². The van der Waals surface area contributed by atoms with Crippen molar-refractivity contribution in [3.8, 4) is 0 Å². The number of nitrogens with one attached hydrogen (secondary N) is 1. The molecule has 3 nitrogen and oxygen atoms in total. The molecular formula is C15H27N3S. The fraction of sp³-hybridized carbons (Fsp3) is 0.733. The van der Waals surface area contributed by atoms with Crippen LogP contribution in [0.25, 0.3) is 0 Å². The Morgan fingerprint density at radius 2 is 2.26 bits per heavy atom. The minimum Gasteiger partial charge on any atom is -0.312 e. The maximum absolute atomic E-state index is 3.41. The molecule has 1 aromatic rings. The number of aryl methyl sites for hydroxylation is 1. The van der Waals surface area contributed by atoms with Crippen LogP contribution in [0.5, 0.6) is 0 Å². The maximum atomic E-state index is 3.41. The van der Waals surface area contributed by atoms with Crippen LogP contribution in [0.3, 0.4) is 0 Å². The van der Waals surface area contributed by atoms with Crippen molar-refractivity contribution >= 4 is 11.3 Å². The fourth-order valence-electron chi connectivity index (χ4n) is 2.70. The average Bonchev–Trinajstić information content (AvgIpc) is 2.95. The molecule has 1 fully saturated rings. The van der Waals surface area contributed by atoms with Crippen molar-refractivity contribution < 1.29 is 0 Å². The first kappa shape index (κ1) is 15.0. The zero-order valence-corrected chi connectivity index (χ0v) is 13.5. The number of thiophene rings is 1. The van der Waals surface area contributed by atoms with Gasteiger partial charge in [0.05, 0.1) is 0 Å². The van der Waals surface area contributed by atoms with Crippen molar-refractivity contribution in [1.29, 1.82) is 0 Å². The number of nitrogens with zero attached hydrogens (tertiary/aromatic N) is 2. The van der Waals surface area contributed by atoms with E-state index >= 15 is 0 Å². The predicted octanol–water partition coefficient (Wildman–Crippen LogP) is 2.30. The third kappa shape index (κ3) is 4.02. The fourth-order valence-corrected chi connectivity index (χ4v) is 3.72. The highest BCUT2D eigenvalue weighted by atomic mass is 32.1. The van der Waals surface area contributed by atoms with Gasteiger partial charge in [0.2, 0.25) is 0 Å². The molecule has 0 spiro atoms. The van der Waals surface area contributed by atoms with Gasteiger partial charge in [-0.1, -0.05) is 6.92 Å². The van der Waals surface area contributed by atoms with Crippen LogP contribution in [0.2, 0.25) is 0 Å². The summed E-state index contributed by atoms with van der Waals surface area (Å²) < 4.78 is 0. The highest BCUT2D eigenvalue weighted by Gasteiger charge is 2.24. The first-order chi connectivity index (χ1) is 9.10. The highest BCUT2D eigenvalue weighted by Crippen LogP contribution is 2.25. The van der Waals surface area contributed by atoms with Crippen molar-refractivity contribution in [1.82, 2.24) is 15.1 Å². The minimum absolute atomic E-state index is 0.736. The van der Waals surface area contributed by atoms with Gasteiger partial charge in [0, 0.05) is 42.0 Å². The Labute approximate surface area is 121 Å². The SMILES string of the molecule is CCNCc1cc(CN2CCC(N(C)C)C2)c(C)s1. The van der Waals surface area contributed by atoms with E-state index in [0.717, 1.165) is 25.7 Å². The summed E-state index contributed by atoms with van der Waals surface area (Å²) >= 11 is 1.95. The van der Waals surface area contributed by atoms with Crippen LogP contribution >= 0.6 is 11.3 Å². The Hall–Kier alpha value is -0.420. The topological polar surface area (TPSA) is 18.5 Å². The molecule has 1 saturated heterocycles. The monoisotopic (exact) mass is 281 g/mol. The molecule has 0 aromatic carbocycles. The van der Waals surface area contributed by atoms with Crippen molar-refractivity contribution in [2.75, 3.05) is 33.7 Å². The van der Waals surface area contributed by atoms with Gasteiger partial charge in [-0.3, -0.25) is 4.90 Å². The van der Waals surface area contributed by atoms with Crippen LogP contribution < -0.4 is 5.32 Å². The van der Waals surface area contributed by atoms with Crippen molar-refractivity contribution in [2.45, 2.75) is 39.4 Å². The van der Waals surface area contributed by atoms with Gasteiger partial charge < -0.3 is 10.2 Å². The molecule has 2 rings (SSSR count). The van der Waals surface area contributed by atoms with Crippen LogP contribution in [0.1, 0.15) is 28.7 Å². The molecule has 1 N–H and O–H groups in total. The molecule has 1 aromatic heterocycles. The van der Waals surface area contributed by atoms with Crippen molar-refractivity contribution in [3.05, 3.63) is 21.4 Å². The Kier molecular flexibility index (Phi) is 5.39. The normalized spacial score (nSPS) is 20.6. The van der Waals surface area contributed by atoms with Crippen LogP contribution in [0.4, 0.5) is 0 Å². The van der Waals surface area contributed by atoms with Gasteiger partial charge in [-0.05, 0) is 45.6 Å². The Balaban J connectivity index is 1.91. The quantitative estimate of drug-likeness (QED) is 0.863. The van der Waals surface area contributed by atoms with Gasteiger partial charge in [-0.25, -0.2) is 0 Å². The Morgan fingerprint density at radius 1 is 1.47 bits per heavy atom. The second-order valence-electron chi connectivity index (χ2n) is 5.72. The molecule has 0 amide bonds. The zero-order chi connectivity index (χ0) is 13.8. The lowest BCUT2D eigenvalue weighted by Crippen LogP contribution is -2.31. The molecule has 108 valence electrons. The van der Waals surface area contributed by atoms with E-state index in [2.05, 4.69) is 49.1 Å². The molecule has 19 heavy (non-hydrogen) atoms. The van der Waals surface area contributed by atoms with Gasteiger partial charge in [0.25, 0.3) is 0 Å². The smallest absolute Gasteiger partial charge is 0.0299 e. The van der Waals surface area contributed by atoms with E-state index in [1.54, 1.807) is 0 Å². The summed E-state index contributed by atoms with van der Waals surface area (Å²) in [6.45, 7) is 10.1. The highest BCUT2D eigenvalue weighted by molar-refractivity contribution is 7.12. The summed E-state index contributed by atoms with van der Waals surface area (Å²) in [7, 11) is 4.39. The summed E-state index contributed by atoms with van der Waals surface area (Å²) in [6.07, 6.45) is 1.31. The molecule has 0 saturated carbocycles. The van der Waals surface area contributed by atoms with E-state index in [1.165, 1.54) is 34.8 Å². The lowest BCUT2D eigenvalue weighted by Gasteiger charge is -2.20. The summed E-state index contributed by atoms with van der Waals surface area (Å²) in [4.78, 5) is 7.91. The number of rotatable bonds is 6. The number of hydrogen-bond donors (Lipinski definition) is 1. The van der Waals surface area contributed by atoms with Crippen molar-refractivity contribution in [2.24, 2.45) is 0 Å². The van der Waals surface area contributed by atoms with Gasteiger partial charge in [-0.2, -0.15) is 0 Å². The summed E-state index contributed by atoms with van der Waals surface area (Å²) in [5.41, 5.74) is 1.53. The van der Waals surface area contributed by atoms with E-state index in [4.69, 9.17) is 0 Å². The maximum Gasteiger partial charge on any atom is 0.0299 e. The first-order valence-corrected chi connectivity index (χ1v) is 8.09. The zero-order valence-electron chi connectivity index (χ0n) is 12.7. The molecule has 2 heterocycles. The summed E-state index contributed by atoms with van der Waals surface area (Å²) in [5.74, 6) is 0. The van der Waals surface area contributed by atoms with Gasteiger partial charge in [-0.15, -0.1) is 11.3 Å². The third-order valence-electron chi connectivity index (χ3n) is 3.99. The average molecular weight is 281 g/mol. The van der Waals surface area contributed by atoms with Crippen LogP contribution in [0.15, 0.2) is 6.07 Å². The molecule has 1 unspecified atom stereocenters. The van der Waals surface area contributed by atoms with E-state index in [-0.39, 0.29) is 0 Å². The Morgan fingerprint density at radius 3 is 2.89 bits per heavy atom. The van der Waals surface area contributed by atoms with Crippen LogP contribution in [0, 0.1) is 6.92 Å². The molecule has 1 aliphatic rings. The standard InChI is InChI=1S/C15H27N3S/c1-5-16-9-15-8-13(12(2)19-15)10-18-7-6-14(11-18)17(3)4/h8,14,16H,5-7,9-11H2,1-4H3. The van der Waals surface area contributed by atoms with Gasteiger partial charge >= 0.3 is 0 Å². The lowest BCUT2D eigenvalue weighted by atomic mass is 10.2. The largest absolute Gasteiger partial charge is 0.312 e. The molecule has 0 aliphatic carbocycles. The minimum atomic E-state index is 0.736. The van der Waals surface area contributed by atoms with Crippen LogP contribution in [-0.4, -0.2) is 49.6 Å². The summed E-state index contributed by atoms with van der Waals surface area (Å²) in [6, 6.07) is 3.13. The van der Waals surface area contributed by atoms with Crippen LogP contribution in [-0.2, 0) is 13.1 Å². The summed E-state index contributed by atoms with van der Waals surface area (Å²) in [5, 5.41) is 3.41. The van der Waals surface area contributed by atoms with E-state index in [0.29, 0.717) is 0 Å². The molecule has 1 atom stereocenters. The molecule has 4 heteroatoms. The number of hydrogen-bond acceptors (Lipinski definition) is 4. The molecular weight excluding hydrogens is 254 g/mol. The number of likely N-dealkylation sites (N-methyl/N-ethyl adjacent to an activating group) is 1. The predicted molar refractivity (Wildman–Crippen MR) is 83.8 cm³/mol. The van der Waals surface area contributed by atoms with Crippen molar-refractivity contribution in [3.63, 3.8) is 0 Å². The lowest BCUT2D eigenvalue weighted by molar-refractivity contribution is 0.264. The van der Waals surface area contributed by atoms with E-state index in [1.807, 2.05) is 11.3 Å². The molecule has 1 aliphatic heterocycles. The molecule has 0 bridgehead atoms. The second kappa shape index (κ2) is 6.84. The van der Waals surface area contributed by atoms with E-state index in [9.17, 15) is 0 Å². The first-order valence-electron chi connectivity index (χ1n) is 7.27. The number of likely N-dealkylation sites (tertiary alicyclic amines) is 1.